The van der Waals surface area contributed by atoms with E-state index in [1.807, 2.05) is 55.5 Å². The molecule has 5 nitrogen and oxygen atoms in total. The van der Waals surface area contributed by atoms with Gasteiger partial charge in [-0.25, -0.2) is 0 Å². The fraction of sp³-hybridized carbons (Fsp3) is 0.241. The van der Waals surface area contributed by atoms with E-state index in [-0.39, 0.29) is 17.1 Å². The van der Waals surface area contributed by atoms with E-state index < -0.39 is 6.04 Å². The molecule has 0 aliphatic carbocycles. The lowest BCUT2D eigenvalue weighted by molar-refractivity contribution is 0.0971. The topological polar surface area (TPSA) is 59.8 Å². The average Bonchev–Trinajstić information content (AvgIpc) is 3.15. The standard InChI is InChI=1S/C29H27NO4/c1-3-4-7-17-33-22-10-8-9-20(18-22)26-25-27(31)23-11-5-6-12-24(23)34-28(25)29(32)30(26)21-15-13-19(2)14-16-21/h5-6,8-16,18,26H,3-4,7,17H2,1-2H3. The lowest BCUT2D eigenvalue weighted by atomic mass is 9.98. The van der Waals surface area contributed by atoms with Crippen LogP contribution in [-0.4, -0.2) is 12.5 Å². The summed E-state index contributed by atoms with van der Waals surface area (Å²) >= 11 is 0. The van der Waals surface area contributed by atoms with Crippen LogP contribution < -0.4 is 15.1 Å². The molecular formula is C29H27NO4. The van der Waals surface area contributed by atoms with Gasteiger partial charge in [0, 0.05) is 5.69 Å². The summed E-state index contributed by atoms with van der Waals surface area (Å²) in [4.78, 5) is 28.9. The number of carbonyl (C=O) groups is 1. The van der Waals surface area contributed by atoms with Gasteiger partial charge < -0.3 is 9.15 Å². The van der Waals surface area contributed by atoms with Crippen molar-refractivity contribution < 1.29 is 13.9 Å². The molecule has 4 aromatic rings. The predicted octanol–water partition coefficient (Wildman–Crippen LogP) is 6.42. The van der Waals surface area contributed by atoms with Crippen LogP contribution >= 0.6 is 0 Å². The fourth-order valence-corrected chi connectivity index (χ4v) is 4.52. The van der Waals surface area contributed by atoms with Gasteiger partial charge in [0.25, 0.3) is 5.91 Å². The molecule has 1 atom stereocenters. The zero-order chi connectivity index (χ0) is 23.7. The first-order valence-corrected chi connectivity index (χ1v) is 11.8. The number of fused-ring (bicyclic) bond motifs is 2. The van der Waals surface area contributed by atoms with Crippen LogP contribution in [0.25, 0.3) is 11.0 Å². The smallest absolute Gasteiger partial charge is 0.295 e. The molecule has 3 aromatic carbocycles. The predicted molar refractivity (Wildman–Crippen MR) is 134 cm³/mol. The van der Waals surface area contributed by atoms with Gasteiger partial charge in [0.1, 0.15) is 11.3 Å². The summed E-state index contributed by atoms with van der Waals surface area (Å²) in [5.41, 5.74) is 3.21. The molecule has 1 aromatic heterocycles. The van der Waals surface area contributed by atoms with E-state index in [4.69, 9.17) is 9.15 Å². The molecule has 1 aliphatic rings. The molecule has 0 N–H and O–H groups in total. The van der Waals surface area contributed by atoms with Gasteiger partial charge in [-0.15, -0.1) is 0 Å². The quantitative estimate of drug-likeness (QED) is 0.303. The number of amides is 1. The highest BCUT2D eigenvalue weighted by Gasteiger charge is 2.43. The molecule has 34 heavy (non-hydrogen) atoms. The first kappa shape index (κ1) is 22.0. The van der Waals surface area contributed by atoms with Gasteiger partial charge in [-0.2, -0.15) is 0 Å². The first-order valence-electron chi connectivity index (χ1n) is 11.8. The number of rotatable bonds is 7. The Morgan fingerprint density at radius 2 is 1.74 bits per heavy atom. The van der Waals surface area contributed by atoms with Crippen molar-refractivity contribution in [2.75, 3.05) is 11.5 Å². The monoisotopic (exact) mass is 453 g/mol. The van der Waals surface area contributed by atoms with Gasteiger partial charge in [-0.05, 0) is 55.3 Å². The molecule has 0 saturated heterocycles. The van der Waals surface area contributed by atoms with Crippen molar-refractivity contribution in [3.63, 3.8) is 0 Å². The maximum Gasteiger partial charge on any atom is 0.295 e. The SMILES string of the molecule is CCCCCOc1cccc(C2c3c(oc4ccccc4c3=O)C(=O)N2c2ccc(C)cc2)c1. The second kappa shape index (κ2) is 9.18. The van der Waals surface area contributed by atoms with Crippen molar-refractivity contribution in [3.05, 3.63) is 105 Å². The maximum atomic E-state index is 13.7. The van der Waals surface area contributed by atoms with Crippen LogP contribution in [0.3, 0.4) is 0 Å². The molecule has 1 unspecified atom stereocenters. The van der Waals surface area contributed by atoms with Crippen LogP contribution in [0.15, 0.2) is 82.0 Å². The summed E-state index contributed by atoms with van der Waals surface area (Å²) in [6.45, 7) is 4.79. The summed E-state index contributed by atoms with van der Waals surface area (Å²) in [6.07, 6.45) is 3.22. The Balaban J connectivity index is 1.65. The van der Waals surface area contributed by atoms with Crippen molar-refractivity contribution >= 4 is 22.6 Å². The number of anilines is 1. The van der Waals surface area contributed by atoms with E-state index in [2.05, 4.69) is 6.92 Å². The molecule has 5 rings (SSSR count). The molecule has 0 fully saturated rings. The summed E-state index contributed by atoms with van der Waals surface area (Å²) in [5.74, 6) is 0.507. The lowest BCUT2D eigenvalue weighted by Crippen LogP contribution is -2.29. The Kier molecular flexibility index (Phi) is 5.93. The molecule has 0 bridgehead atoms. The van der Waals surface area contributed by atoms with E-state index in [9.17, 15) is 9.59 Å². The number of hydrogen-bond donors (Lipinski definition) is 0. The van der Waals surface area contributed by atoms with E-state index in [1.54, 1.807) is 29.2 Å². The van der Waals surface area contributed by atoms with Crippen molar-refractivity contribution in [1.29, 1.82) is 0 Å². The third-order valence-electron chi connectivity index (χ3n) is 6.28. The molecule has 1 aliphatic heterocycles. The number of ether oxygens (including phenoxy) is 1. The van der Waals surface area contributed by atoms with Crippen molar-refractivity contribution in [2.24, 2.45) is 0 Å². The Bertz CT molecular complexity index is 1400. The molecule has 172 valence electrons. The van der Waals surface area contributed by atoms with Gasteiger partial charge in [0.2, 0.25) is 5.76 Å². The van der Waals surface area contributed by atoms with Gasteiger partial charge >= 0.3 is 0 Å². The molecule has 1 amide bonds. The van der Waals surface area contributed by atoms with Crippen molar-refractivity contribution in [1.82, 2.24) is 0 Å². The zero-order valence-electron chi connectivity index (χ0n) is 19.4. The largest absolute Gasteiger partial charge is 0.494 e. The third kappa shape index (κ3) is 3.87. The Morgan fingerprint density at radius 1 is 0.941 bits per heavy atom. The number of benzene rings is 3. The Morgan fingerprint density at radius 3 is 2.53 bits per heavy atom. The van der Waals surface area contributed by atoms with Gasteiger partial charge in [-0.3, -0.25) is 14.5 Å². The second-order valence-electron chi connectivity index (χ2n) is 8.71. The first-order chi connectivity index (χ1) is 16.6. The number of para-hydroxylation sites is 1. The molecule has 2 heterocycles. The number of aryl methyl sites for hydroxylation is 1. The fourth-order valence-electron chi connectivity index (χ4n) is 4.52. The number of unbranched alkanes of at least 4 members (excludes halogenated alkanes) is 2. The maximum absolute atomic E-state index is 13.7. The lowest BCUT2D eigenvalue weighted by Gasteiger charge is -2.25. The molecule has 5 heteroatoms. The molecule has 0 radical (unpaired) electrons. The van der Waals surface area contributed by atoms with Crippen LogP contribution in [0.4, 0.5) is 5.69 Å². The van der Waals surface area contributed by atoms with Crippen LogP contribution in [0.5, 0.6) is 5.75 Å². The minimum absolute atomic E-state index is 0.101. The summed E-state index contributed by atoms with van der Waals surface area (Å²) in [5, 5.41) is 0.469. The van der Waals surface area contributed by atoms with E-state index >= 15 is 0 Å². The zero-order valence-corrected chi connectivity index (χ0v) is 19.4. The van der Waals surface area contributed by atoms with E-state index in [0.29, 0.717) is 28.8 Å². The van der Waals surface area contributed by atoms with Crippen LogP contribution in [0.2, 0.25) is 0 Å². The minimum atomic E-state index is -0.606. The number of carbonyl (C=O) groups excluding carboxylic acids is 1. The van der Waals surface area contributed by atoms with E-state index in [0.717, 1.165) is 36.1 Å². The summed E-state index contributed by atoms with van der Waals surface area (Å²) < 4.78 is 12.0. The van der Waals surface area contributed by atoms with E-state index in [1.165, 1.54) is 0 Å². The van der Waals surface area contributed by atoms with Gasteiger partial charge in [-0.1, -0.05) is 61.7 Å². The molecule has 0 spiro atoms. The average molecular weight is 454 g/mol. The highest BCUT2D eigenvalue weighted by Crippen LogP contribution is 2.41. The minimum Gasteiger partial charge on any atom is -0.494 e. The normalized spacial score (nSPS) is 15.1. The Labute approximate surface area is 198 Å². The van der Waals surface area contributed by atoms with Crippen LogP contribution in [0, 0.1) is 6.92 Å². The van der Waals surface area contributed by atoms with Crippen molar-refractivity contribution in [2.45, 2.75) is 39.2 Å². The molecule has 0 saturated carbocycles. The molecular weight excluding hydrogens is 426 g/mol. The highest BCUT2D eigenvalue weighted by atomic mass is 16.5. The Hall–Kier alpha value is -3.86. The van der Waals surface area contributed by atoms with Gasteiger partial charge in [0.05, 0.1) is 23.6 Å². The number of nitrogens with zero attached hydrogens (tertiary/aromatic N) is 1. The van der Waals surface area contributed by atoms with Crippen LogP contribution in [-0.2, 0) is 0 Å². The highest BCUT2D eigenvalue weighted by molar-refractivity contribution is 6.10. The van der Waals surface area contributed by atoms with Crippen molar-refractivity contribution in [3.8, 4) is 5.75 Å². The summed E-state index contributed by atoms with van der Waals surface area (Å²) in [7, 11) is 0. The second-order valence-corrected chi connectivity index (χ2v) is 8.71. The van der Waals surface area contributed by atoms with Gasteiger partial charge in [0.15, 0.2) is 5.43 Å². The number of hydrogen-bond acceptors (Lipinski definition) is 4. The third-order valence-corrected chi connectivity index (χ3v) is 6.28. The van der Waals surface area contributed by atoms with Crippen LogP contribution in [0.1, 0.15) is 59.5 Å². The summed E-state index contributed by atoms with van der Waals surface area (Å²) in [6, 6.07) is 21.9.